The summed E-state index contributed by atoms with van der Waals surface area (Å²) >= 11 is 0. The second-order valence-electron chi connectivity index (χ2n) is 4.64. The van der Waals surface area contributed by atoms with Crippen molar-refractivity contribution >= 4 is 5.65 Å². The van der Waals surface area contributed by atoms with Crippen LogP contribution < -0.4 is 16.2 Å². The lowest BCUT2D eigenvalue weighted by Gasteiger charge is -2.26. The van der Waals surface area contributed by atoms with Crippen molar-refractivity contribution in [3.05, 3.63) is 22.9 Å². The van der Waals surface area contributed by atoms with E-state index in [9.17, 15) is 4.79 Å². The average molecular weight is 249 g/mol. The van der Waals surface area contributed by atoms with Gasteiger partial charge in [0.2, 0.25) is 5.88 Å². The minimum absolute atomic E-state index is 0.158. The van der Waals surface area contributed by atoms with Gasteiger partial charge in [-0.2, -0.15) is 5.10 Å². The van der Waals surface area contributed by atoms with E-state index < -0.39 is 0 Å². The fourth-order valence-electron chi connectivity index (χ4n) is 2.23. The number of nitrogens with zero attached hydrogens (tertiary/aromatic N) is 3. The first-order chi connectivity index (χ1) is 8.72. The van der Waals surface area contributed by atoms with Gasteiger partial charge >= 0.3 is 5.69 Å². The zero-order valence-electron chi connectivity index (χ0n) is 9.87. The Bertz CT molecular complexity index is 597. The van der Waals surface area contributed by atoms with Crippen LogP contribution in [0.15, 0.2) is 17.2 Å². The van der Waals surface area contributed by atoms with Crippen LogP contribution in [0.4, 0.5) is 0 Å². The normalized spacial score (nSPS) is 24.3. The Morgan fingerprint density at radius 2 is 2.17 bits per heavy atom. The molecule has 0 bridgehead atoms. The highest BCUT2D eigenvalue weighted by atomic mass is 16.5. The van der Waals surface area contributed by atoms with Gasteiger partial charge in [-0.15, -0.1) is 0 Å². The molecule has 1 aliphatic rings. The van der Waals surface area contributed by atoms with Crippen LogP contribution in [-0.4, -0.2) is 31.7 Å². The van der Waals surface area contributed by atoms with Gasteiger partial charge in [0.05, 0.1) is 0 Å². The average Bonchev–Trinajstić information content (AvgIpc) is 2.74. The van der Waals surface area contributed by atoms with Crippen molar-refractivity contribution in [2.45, 2.75) is 37.8 Å². The van der Waals surface area contributed by atoms with Crippen LogP contribution in [0, 0.1) is 0 Å². The van der Waals surface area contributed by atoms with Gasteiger partial charge in [0.15, 0.2) is 5.65 Å². The zero-order valence-corrected chi connectivity index (χ0v) is 9.87. The Labute approximate surface area is 103 Å². The van der Waals surface area contributed by atoms with Gasteiger partial charge in [-0.05, 0) is 25.7 Å². The fourth-order valence-corrected chi connectivity index (χ4v) is 2.23. The van der Waals surface area contributed by atoms with Crippen molar-refractivity contribution in [1.82, 2.24) is 19.6 Å². The molecule has 0 unspecified atom stereocenters. The first-order valence-electron chi connectivity index (χ1n) is 6.07. The zero-order chi connectivity index (χ0) is 12.5. The van der Waals surface area contributed by atoms with E-state index in [1.807, 2.05) is 0 Å². The van der Waals surface area contributed by atoms with Crippen molar-refractivity contribution in [2.24, 2.45) is 5.73 Å². The topological polar surface area (TPSA) is 98.3 Å². The monoisotopic (exact) mass is 249 g/mol. The first kappa shape index (κ1) is 11.2. The van der Waals surface area contributed by atoms with E-state index in [2.05, 4.69) is 15.2 Å². The predicted molar refractivity (Wildman–Crippen MR) is 64.5 cm³/mol. The Hall–Kier alpha value is -1.89. The number of nitrogens with one attached hydrogen (secondary N) is 1. The largest absolute Gasteiger partial charge is 0.474 e. The van der Waals surface area contributed by atoms with Gasteiger partial charge in [0, 0.05) is 12.1 Å². The number of H-pyrrole nitrogens is 1. The molecule has 18 heavy (non-hydrogen) atoms. The van der Waals surface area contributed by atoms with Crippen LogP contribution in [0.1, 0.15) is 25.7 Å². The molecular formula is C11H15N5O2. The van der Waals surface area contributed by atoms with Crippen molar-refractivity contribution in [1.29, 1.82) is 0 Å². The Balaban J connectivity index is 1.76. The van der Waals surface area contributed by atoms with Crippen LogP contribution in [0.25, 0.3) is 5.65 Å². The smallest absolute Gasteiger partial charge is 0.348 e. The summed E-state index contributed by atoms with van der Waals surface area (Å²) in [7, 11) is 0. The SMILES string of the molecule is NC1CCC(Oc2cc3n[nH]c(=O)n3cn2)CC1. The standard InChI is InChI=1S/C11H15N5O2/c12-7-1-3-8(4-2-7)18-10-5-9-14-15-11(17)16(9)6-13-10/h5-8H,1-4,12H2,(H,15,17). The van der Waals surface area contributed by atoms with E-state index in [-0.39, 0.29) is 11.8 Å². The molecule has 0 aromatic carbocycles. The molecule has 3 N–H and O–H groups in total. The van der Waals surface area contributed by atoms with Crippen LogP contribution >= 0.6 is 0 Å². The highest BCUT2D eigenvalue weighted by Gasteiger charge is 2.20. The van der Waals surface area contributed by atoms with E-state index >= 15 is 0 Å². The Morgan fingerprint density at radius 1 is 1.39 bits per heavy atom. The van der Waals surface area contributed by atoms with Gasteiger partial charge in [-0.3, -0.25) is 0 Å². The predicted octanol–water partition coefficient (Wildman–Crippen LogP) is 0.0663. The van der Waals surface area contributed by atoms with Crippen molar-refractivity contribution < 1.29 is 4.74 Å². The summed E-state index contributed by atoms with van der Waals surface area (Å²) in [5.41, 5.74) is 6.06. The van der Waals surface area contributed by atoms with Gasteiger partial charge in [0.1, 0.15) is 12.4 Å². The quantitative estimate of drug-likeness (QED) is 0.784. The molecule has 7 nitrogen and oxygen atoms in total. The number of fused-ring (bicyclic) bond motifs is 1. The fraction of sp³-hybridized carbons (Fsp3) is 0.545. The molecule has 0 spiro atoms. The Kier molecular flexibility index (Phi) is 2.75. The van der Waals surface area contributed by atoms with E-state index in [4.69, 9.17) is 10.5 Å². The van der Waals surface area contributed by atoms with E-state index in [1.54, 1.807) is 6.07 Å². The summed E-state index contributed by atoms with van der Waals surface area (Å²) in [6, 6.07) is 1.96. The minimum Gasteiger partial charge on any atom is -0.474 e. The van der Waals surface area contributed by atoms with Crippen LogP contribution in [0.5, 0.6) is 5.88 Å². The van der Waals surface area contributed by atoms with E-state index in [0.29, 0.717) is 17.6 Å². The number of hydrogen-bond acceptors (Lipinski definition) is 5. The van der Waals surface area contributed by atoms with Crippen molar-refractivity contribution in [3.8, 4) is 5.88 Å². The molecule has 96 valence electrons. The van der Waals surface area contributed by atoms with E-state index in [1.165, 1.54) is 10.7 Å². The molecule has 2 heterocycles. The Morgan fingerprint density at radius 3 is 2.94 bits per heavy atom. The molecule has 2 aromatic rings. The number of hydrogen-bond donors (Lipinski definition) is 2. The second kappa shape index (κ2) is 4.41. The molecule has 1 aliphatic carbocycles. The third-order valence-corrected chi connectivity index (χ3v) is 3.29. The molecule has 0 aliphatic heterocycles. The summed E-state index contributed by atoms with van der Waals surface area (Å²) in [5.74, 6) is 0.502. The summed E-state index contributed by atoms with van der Waals surface area (Å²) < 4.78 is 7.12. The highest BCUT2D eigenvalue weighted by molar-refractivity contribution is 5.39. The maximum atomic E-state index is 11.3. The molecule has 0 radical (unpaired) electrons. The number of ether oxygens (including phenoxy) is 1. The number of aromatic nitrogens is 4. The molecular weight excluding hydrogens is 234 g/mol. The van der Waals surface area contributed by atoms with Crippen LogP contribution in [0.2, 0.25) is 0 Å². The van der Waals surface area contributed by atoms with Crippen molar-refractivity contribution in [2.75, 3.05) is 0 Å². The number of rotatable bonds is 2. The van der Waals surface area contributed by atoms with Crippen LogP contribution in [0.3, 0.4) is 0 Å². The molecule has 0 saturated heterocycles. The minimum atomic E-state index is -0.298. The number of aromatic amines is 1. The summed E-state index contributed by atoms with van der Waals surface area (Å²) in [6.45, 7) is 0. The lowest BCUT2D eigenvalue weighted by molar-refractivity contribution is 0.141. The van der Waals surface area contributed by atoms with Crippen molar-refractivity contribution in [3.63, 3.8) is 0 Å². The molecule has 0 atom stereocenters. The third-order valence-electron chi connectivity index (χ3n) is 3.29. The molecule has 2 aromatic heterocycles. The molecule has 1 fully saturated rings. The lowest BCUT2D eigenvalue weighted by Crippen LogP contribution is -2.31. The molecule has 0 amide bonds. The van der Waals surface area contributed by atoms with Gasteiger partial charge in [0.25, 0.3) is 0 Å². The molecule has 7 heteroatoms. The van der Waals surface area contributed by atoms with Crippen LogP contribution in [-0.2, 0) is 0 Å². The van der Waals surface area contributed by atoms with Gasteiger partial charge in [-0.1, -0.05) is 0 Å². The maximum Gasteiger partial charge on any atom is 0.348 e. The first-order valence-corrected chi connectivity index (χ1v) is 6.07. The summed E-state index contributed by atoms with van der Waals surface area (Å²) in [4.78, 5) is 15.4. The molecule has 3 rings (SSSR count). The number of nitrogens with two attached hydrogens (primary N) is 1. The molecule has 1 saturated carbocycles. The van der Waals surface area contributed by atoms with Gasteiger partial charge in [-0.25, -0.2) is 19.3 Å². The van der Waals surface area contributed by atoms with E-state index in [0.717, 1.165) is 25.7 Å². The third kappa shape index (κ3) is 2.08. The lowest BCUT2D eigenvalue weighted by atomic mass is 9.94. The summed E-state index contributed by atoms with van der Waals surface area (Å²) in [6.07, 6.45) is 5.43. The van der Waals surface area contributed by atoms with Gasteiger partial charge < -0.3 is 10.5 Å². The summed E-state index contributed by atoms with van der Waals surface area (Å²) in [5, 5.41) is 6.23. The highest BCUT2D eigenvalue weighted by Crippen LogP contribution is 2.21. The maximum absolute atomic E-state index is 11.3. The second-order valence-corrected chi connectivity index (χ2v) is 4.64.